The highest BCUT2D eigenvalue weighted by atomic mass is 35.5. The van der Waals surface area contributed by atoms with Gasteiger partial charge < -0.3 is 20.8 Å². The van der Waals surface area contributed by atoms with Gasteiger partial charge in [0.15, 0.2) is 6.61 Å². The van der Waals surface area contributed by atoms with E-state index in [-0.39, 0.29) is 36.9 Å². The maximum atomic E-state index is 13.1. The van der Waals surface area contributed by atoms with E-state index in [0.29, 0.717) is 35.0 Å². The highest BCUT2D eigenvalue weighted by Gasteiger charge is 2.14. The summed E-state index contributed by atoms with van der Waals surface area (Å²) in [7, 11) is 0. The molecule has 0 fully saturated rings. The third kappa shape index (κ3) is 7.60. The molecule has 2 amide bonds. The molecule has 0 aliphatic heterocycles. The summed E-state index contributed by atoms with van der Waals surface area (Å²) in [6.07, 6.45) is 3.51. The fourth-order valence-corrected chi connectivity index (χ4v) is 3.90. The molecule has 37 heavy (non-hydrogen) atoms. The normalized spacial score (nSPS) is 10.7. The van der Waals surface area contributed by atoms with Gasteiger partial charge in [-0.25, -0.2) is 4.68 Å². The first-order valence-electron chi connectivity index (χ1n) is 12.1. The zero-order valence-electron chi connectivity index (χ0n) is 21.6. The number of aryl methyl sites for hydroxylation is 3. The lowest BCUT2D eigenvalue weighted by atomic mass is 10.1. The number of likely N-dealkylation sites (N-methyl/N-ethyl adjacent to an activating group) is 1. The van der Waals surface area contributed by atoms with E-state index in [4.69, 9.17) is 16.3 Å². The monoisotopic (exact) mass is 528 g/mol. The number of pyridine rings is 1. The Balaban J connectivity index is 1.65. The third-order valence-electron chi connectivity index (χ3n) is 5.81. The second-order valence-electron chi connectivity index (χ2n) is 8.53. The van der Waals surface area contributed by atoms with E-state index in [2.05, 4.69) is 21.2 Å². The van der Waals surface area contributed by atoms with Gasteiger partial charge in [0.25, 0.3) is 11.5 Å². The van der Waals surface area contributed by atoms with E-state index in [1.807, 2.05) is 31.6 Å². The Morgan fingerprint density at radius 3 is 2.54 bits per heavy atom. The Morgan fingerprint density at radius 1 is 1.05 bits per heavy atom. The Hall–Kier alpha value is -3.79. The highest BCUT2D eigenvalue weighted by molar-refractivity contribution is 6.30. The summed E-state index contributed by atoms with van der Waals surface area (Å²) < 4.78 is 8.84. The SMILES string of the molecule is CCNC(=O)COc1ccc(Cl)cc1CNC(=O)Cc1c(C)ccn(NCc2cn(CC)nc2C)c1=O. The van der Waals surface area contributed by atoms with E-state index >= 15 is 0 Å². The maximum Gasteiger partial charge on any atom is 0.272 e. The minimum atomic E-state index is -0.326. The molecule has 3 N–H and O–H groups in total. The molecule has 3 rings (SSSR count). The number of rotatable bonds is 12. The molecule has 0 aliphatic rings. The molecule has 0 bridgehead atoms. The zero-order chi connectivity index (χ0) is 26.9. The van der Waals surface area contributed by atoms with Gasteiger partial charge in [-0.3, -0.25) is 19.1 Å². The lowest BCUT2D eigenvalue weighted by Gasteiger charge is -2.14. The summed E-state index contributed by atoms with van der Waals surface area (Å²) in [4.78, 5) is 37.6. The number of amides is 2. The number of nitrogens with one attached hydrogen (secondary N) is 3. The summed E-state index contributed by atoms with van der Waals surface area (Å²) in [6.45, 7) is 9.23. The fraction of sp³-hybridized carbons (Fsp3) is 0.385. The fourth-order valence-electron chi connectivity index (χ4n) is 3.71. The molecule has 0 saturated heterocycles. The largest absolute Gasteiger partial charge is 0.483 e. The molecule has 1 aromatic carbocycles. The van der Waals surface area contributed by atoms with Crippen LogP contribution in [0, 0.1) is 13.8 Å². The molecule has 11 heteroatoms. The first kappa shape index (κ1) is 27.8. The standard InChI is InChI=1S/C26H33ClN6O4/c1-5-28-25(35)16-37-23-8-7-21(27)11-19(23)13-29-24(34)12-22-17(3)9-10-33(26(22)36)30-14-20-15-32(6-2)31-18(20)4/h7-11,15,30H,5-6,12-14,16H2,1-4H3,(H,28,35)(H,29,34). The van der Waals surface area contributed by atoms with Crippen molar-refractivity contribution in [1.82, 2.24) is 25.1 Å². The molecule has 0 aliphatic carbocycles. The van der Waals surface area contributed by atoms with Gasteiger partial charge in [-0.1, -0.05) is 11.6 Å². The van der Waals surface area contributed by atoms with E-state index in [1.54, 1.807) is 37.4 Å². The first-order valence-corrected chi connectivity index (χ1v) is 12.5. The topological polar surface area (TPSA) is 119 Å². The van der Waals surface area contributed by atoms with Crippen molar-refractivity contribution >= 4 is 23.4 Å². The molecule has 2 aromatic heterocycles. The van der Waals surface area contributed by atoms with Crippen LogP contribution in [0.4, 0.5) is 0 Å². The number of carbonyl (C=O) groups excluding carboxylic acids is 2. The number of hydrogen-bond acceptors (Lipinski definition) is 6. The molecule has 3 aromatic rings. The third-order valence-corrected chi connectivity index (χ3v) is 6.04. The molecule has 198 valence electrons. The van der Waals surface area contributed by atoms with Gasteiger partial charge in [0.2, 0.25) is 5.91 Å². The Bertz CT molecular complexity index is 1320. The van der Waals surface area contributed by atoms with Gasteiger partial charge in [-0.05, 0) is 57.5 Å². The van der Waals surface area contributed by atoms with E-state index in [9.17, 15) is 14.4 Å². The Labute approximate surface area is 220 Å². The van der Waals surface area contributed by atoms with Crippen molar-refractivity contribution in [3.05, 3.63) is 80.0 Å². The lowest BCUT2D eigenvalue weighted by Crippen LogP contribution is -2.34. The summed E-state index contributed by atoms with van der Waals surface area (Å²) in [5, 5.41) is 10.4. The number of nitrogens with zero attached hydrogens (tertiary/aromatic N) is 3. The van der Waals surface area contributed by atoms with Crippen LogP contribution in [0.1, 0.15) is 41.8 Å². The van der Waals surface area contributed by atoms with Crippen molar-refractivity contribution in [3.63, 3.8) is 0 Å². The van der Waals surface area contributed by atoms with Crippen LogP contribution in [0.3, 0.4) is 0 Å². The lowest BCUT2D eigenvalue weighted by molar-refractivity contribution is -0.123. The van der Waals surface area contributed by atoms with Crippen LogP contribution < -0.4 is 26.4 Å². The second kappa shape index (κ2) is 13.0. The van der Waals surface area contributed by atoms with Crippen molar-refractivity contribution in [2.75, 3.05) is 18.6 Å². The van der Waals surface area contributed by atoms with E-state index in [0.717, 1.165) is 23.4 Å². The van der Waals surface area contributed by atoms with Gasteiger partial charge in [0, 0.05) is 53.7 Å². The van der Waals surface area contributed by atoms with Gasteiger partial charge in [-0.2, -0.15) is 5.10 Å². The van der Waals surface area contributed by atoms with E-state index < -0.39 is 0 Å². The van der Waals surface area contributed by atoms with Crippen molar-refractivity contribution in [3.8, 4) is 5.75 Å². The van der Waals surface area contributed by atoms with Crippen molar-refractivity contribution in [1.29, 1.82) is 0 Å². The van der Waals surface area contributed by atoms with Crippen LogP contribution in [0.2, 0.25) is 5.02 Å². The van der Waals surface area contributed by atoms with Gasteiger partial charge in [0.05, 0.1) is 18.7 Å². The summed E-state index contributed by atoms with van der Waals surface area (Å²) in [6, 6.07) is 6.77. The predicted octanol–water partition coefficient (Wildman–Crippen LogP) is 2.45. The number of ether oxygens (including phenoxy) is 1. The molecule has 0 saturated carbocycles. The van der Waals surface area contributed by atoms with Crippen LogP contribution in [0.25, 0.3) is 0 Å². The second-order valence-corrected chi connectivity index (χ2v) is 8.97. The minimum Gasteiger partial charge on any atom is -0.483 e. The Morgan fingerprint density at radius 2 is 1.84 bits per heavy atom. The quantitative estimate of drug-likeness (QED) is 0.332. The molecular formula is C26H33ClN6O4. The molecule has 0 spiro atoms. The van der Waals surface area contributed by atoms with Crippen LogP contribution in [-0.2, 0) is 35.6 Å². The van der Waals surface area contributed by atoms with Gasteiger partial charge in [-0.15, -0.1) is 0 Å². The molecular weight excluding hydrogens is 496 g/mol. The highest BCUT2D eigenvalue weighted by Crippen LogP contribution is 2.23. The van der Waals surface area contributed by atoms with Crippen LogP contribution >= 0.6 is 11.6 Å². The molecule has 10 nitrogen and oxygen atoms in total. The zero-order valence-corrected chi connectivity index (χ0v) is 22.3. The predicted molar refractivity (Wildman–Crippen MR) is 142 cm³/mol. The molecule has 0 radical (unpaired) electrons. The smallest absolute Gasteiger partial charge is 0.272 e. The average molecular weight is 529 g/mol. The van der Waals surface area contributed by atoms with Gasteiger partial charge in [0.1, 0.15) is 5.75 Å². The summed E-state index contributed by atoms with van der Waals surface area (Å²) in [5.41, 5.74) is 6.44. The number of benzene rings is 1. The summed E-state index contributed by atoms with van der Waals surface area (Å²) >= 11 is 6.12. The maximum absolute atomic E-state index is 13.1. The van der Waals surface area contributed by atoms with E-state index in [1.165, 1.54) is 4.68 Å². The molecule has 2 heterocycles. The number of hydrogen-bond donors (Lipinski definition) is 3. The van der Waals surface area contributed by atoms with Crippen molar-refractivity contribution < 1.29 is 14.3 Å². The number of aromatic nitrogens is 3. The average Bonchev–Trinajstić information content (AvgIpc) is 3.24. The first-order chi connectivity index (χ1) is 17.7. The number of carbonyl (C=O) groups is 2. The van der Waals surface area contributed by atoms with Crippen LogP contribution in [-0.4, -0.2) is 39.4 Å². The number of halogens is 1. The van der Waals surface area contributed by atoms with Crippen molar-refractivity contribution in [2.24, 2.45) is 0 Å². The Kier molecular flexibility index (Phi) is 9.73. The molecule has 0 unspecified atom stereocenters. The van der Waals surface area contributed by atoms with Crippen LogP contribution in [0.15, 0.2) is 41.5 Å². The molecule has 0 atom stereocenters. The van der Waals surface area contributed by atoms with Crippen LogP contribution in [0.5, 0.6) is 5.75 Å². The summed E-state index contributed by atoms with van der Waals surface area (Å²) in [5.74, 6) is -0.126. The minimum absolute atomic E-state index is 0.0877. The van der Waals surface area contributed by atoms with Crippen molar-refractivity contribution in [2.45, 2.75) is 53.8 Å². The van der Waals surface area contributed by atoms with Gasteiger partial charge >= 0.3 is 0 Å².